The molecule has 13 rings (SSSR count). The number of nitrogens with zero attached hydrogens (tertiary/aromatic N) is 2. The number of hydrogen-bond donors (Lipinski definition) is 0. The Morgan fingerprint density at radius 3 is 0.853 bits per heavy atom. The van der Waals surface area contributed by atoms with Crippen molar-refractivity contribution in [2.45, 2.75) is 0 Å². The van der Waals surface area contributed by atoms with Gasteiger partial charge in [-0.15, -0.1) is 0 Å². The highest BCUT2D eigenvalue weighted by atomic mass is 16.3. The number of furan rings is 1. The van der Waals surface area contributed by atoms with Gasteiger partial charge in [-0.25, -0.2) is 0 Å². The predicted octanol–water partition coefficient (Wildman–Crippen LogP) is 20.5. The third-order valence-electron chi connectivity index (χ3n) is 14.3. The largest absolute Gasteiger partial charge is 0.456 e. The molecule has 0 unspecified atom stereocenters. The van der Waals surface area contributed by atoms with Crippen LogP contribution in [0.5, 0.6) is 0 Å². The van der Waals surface area contributed by atoms with Crippen LogP contribution in [0.1, 0.15) is 0 Å². The zero-order valence-electron chi connectivity index (χ0n) is 41.2. The van der Waals surface area contributed by atoms with Crippen LogP contribution in [0.4, 0.5) is 34.1 Å². The summed E-state index contributed by atoms with van der Waals surface area (Å²) >= 11 is 0. The summed E-state index contributed by atoms with van der Waals surface area (Å²) in [4.78, 5) is 4.86. The van der Waals surface area contributed by atoms with Gasteiger partial charge < -0.3 is 14.2 Å². The highest BCUT2D eigenvalue weighted by Gasteiger charge is 2.26. The number of benzene rings is 12. The van der Waals surface area contributed by atoms with Gasteiger partial charge in [0.05, 0.1) is 11.4 Å². The lowest BCUT2D eigenvalue weighted by Gasteiger charge is -2.35. The van der Waals surface area contributed by atoms with Crippen molar-refractivity contribution in [1.82, 2.24) is 0 Å². The molecule has 1 aromatic heterocycles. The second-order valence-corrected chi connectivity index (χ2v) is 18.9. The van der Waals surface area contributed by atoms with Gasteiger partial charge in [-0.2, -0.15) is 0 Å². The summed E-state index contributed by atoms with van der Waals surface area (Å²) < 4.78 is 6.38. The molecule has 13 aromatic rings. The minimum Gasteiger partial charge on any atom is -0.456 e. The topological polar surface area (TPSA) is 19.6 Å². The molecule has 0 saturated carbocycles. The fourth-order valence-electron chi connectivity index (χ4n) is 10.5. The van der Waals surface area contributed by atoms with Crippen molar-refractivity contribution in [3.63, 3.8) is 0 Å². The highest BCUT2D eigenvalue weighted by molar-refractivity contribution is 6.06. The van der Waals surface area contributed by atoms with Gasteiger partial charge >= 0.3 is 0 Å². The van der Waals surface area contributed by atoms with Gasteiger partial charge in [0.1, 0.15) is 11.2 Å². The van der Waals surface area contributed by atoms with E-state index in [9.17, 15) is 0 Å². The zero-order valence-corrected chi connectivity index (χ0v) is 41.2. The molecule has 12 aromatic carbocycles. The molecule has 0 aliphatic rings. The summed E-state index contributed by atoms with van der Waals surface area (Å²) in [6, 6.07) is 109. The Morgan fingerprint density at radius 2 is 0.480 bits per heavy atom. The summed E-state index contributed by atoms with van der Waals surface area (Å²) in [5.74, 6) is 0. The van der Waals surface area contributed by atoms with Crippen LogP contribution in [-0.2, 0) is 0 Å². The van der Waals surface area contributed by atoms with Crippen LogP contribution in [0, 0.1) is 0 Å². The van der Waals surface area contributed by atoms with E-state index in [0.29, 0.717) is 0 Å². The molecule has 0 N–H and O–H groups in total. The van der Waals surface area contributed by atoms with E-state index in [2.05, 4.69) is 301 Å². The highest BCUT2D eigenvalue weighted by Crippen LogP contribution is 2.51. The lowest BCUT2D eigenvalue weighted by atomic mass is 9.92. The summed E-state index contributed by atoms with van der Waals surface area (Å²) in [5.41, 5.74) is 21.6. The molecule has 3 heteroatoms. The molecular formula is C72H50N2O. The van der Waals surface area contributed by atoms with Crippen LogP contribution < -0.4 is 9.80 Å². The van der Waals surface area contributed by atoms with E-state index in [1.54, 1.807) is 0 Å². The number of anilines is 6. The normalized spacial score (nSPS) is 11.2. The molecule has 0 spiro atoms. The van der Waals surface area contributed by atoms with Crippen molar-refractivity contribution in [3.05, 3.63) is 303 Å². The summed E-state index contributed by atoms with van der Waals surface area (Å²) in [6.07, 6.45) is 0. The Labute approximate surface area is 438 Å². The standard InChI is InChI=1S/C72H50N2O/c1-6-18-51(19-7-1)54-30-39-61(40-31-54)73(62-41-32-55(33-42-62)52-20-8-2-9-21-52)69-49-67(58-24-12-4-13-25-58)68(59-26-14-5-15-27-59)50-70(69)74(63-43-34-56(35-44-63)53-22-10-3-11-23-53)64-45-36-57(37-46-64)60-38-47-66-65-28-16-17-29-71(65)75-72(66)48-60/h1-50H. The zero-order chi connectivity index (χ0) is 49.9. The van der Waals surface area contributed by atoms with Crippen molar-refractivity contribution < 1.29 is 4.42 Å². The first-order chi connectivity index (χ1) is 37.2. The summed E-state index contributed by atoms with van der Waals surface area (Å²) in [7, 11) is 0. The van der Waals surface area contributed by atoms with Gasteiger partial charge in [-0.1, -0.05) is 224 Å². The Bertz CT molecular complexity index is 3960. The smallest absolute Gasteiger partial charge is 0.136 e. The second-order valence-electron chi connectivity index (χ2n) is 18.9. The maximum Gasteiger partial charge on any atom is 0.136 e. The van der Waals surface area contributed by atoms with Gasteiger partial charge in [0.15, 0.2) is 0 Å². The molecule has 0 fully saturated rings. The number of hydrogen-bond acceptors (Lipinski definition) is 3. The Kier molecular flexibility index (Phi) is 11.9. The average Bonchev–Trinajstić information content (AvgIpc) is 3.87. The van der Waals surface area contributed by atoms with E-state index in [4.69, 9.17) is 4.42 Å². The van der Waals surface area contributed by atoms with Crippen LogP contribution in [0.25, 0.3) is 88.7 Å². The molecule has 75 heavy (non-hydrogen) atoms. The van der Waals surface area contributed by atoms with Crippen molar-refractivity contribution in [3.8, 4) is 66.8 Å². The van der Waals surface area contributed by atoms with E-state index in [0.717, 1.165) is 106 Å². The summed E-state index contributed by atoms with van der Waals surface area (Å²) in [6.45, 7) is 0. The molecule has 0 aliphatic heterocycles. The molecule has 3 nitrogen and oxygen atoms in total. The Hall–Kier alpha value is -9.96. The van der Waals surface area contributed by atoms with Crippen LogP contribution in [0.2, 0.25) is 0 Å². The van der Waals surface area contributed by atoms with E-state index in [1.165, 1.54) is 16.7 Å². The van der Waals surface area contributed by atoms with E-state index >= 15 is 0 Å². The van der Waals surface area contributed by atoms with Gasteiger partial charge in [-0.05, 0) is 146 Å². The Morgan fingerprint density at radius 1 is 0.200 bits per heavy atom. The van der Waals surface area contributed by atoms with Gasteiger partial charge in [0, 0.05) is 33.5 Å². The van der Waals surface area contributed by atoms with Crippen molar-refractivity contribution in [2.24, 2.45) is 0 Å². The lowest BCUT2D eigenvalue weighted by Crippen LogP contribution is -2.17. The molecular weight excluding hydrogens is 909 g/mol. The third kappa shape index (κ3) is 8.94. The minimum atomic E-state index is 0.878. The van der Waals surface area contributed by atoms with Crippen LogP contribution in [-0.4, -0.2) is 0 Å². The van der Waals surface area contributed by atoms with Crippen LogP contribution in [0.3, 0.4) is 0 Å². The average molecular weight is 959 g/mol. The molecule has 0 saturated heterocycles. The number of rotatable bonds is 12. The van der Waals surface area contributed by atoms with E-state index in [1.807, 2.05) is 12.1 Å². The first kappa shape index (κ1) is 44.9. The first-order valence-electron chi connectivity index (χ1n) is 25.6. The molecule has 0 atom stereocenters. The lowest BCUT2D eigenvalue weighted by molar-refractivity contribution is 0.669. The second kappa shape index (κ2) is 19.9. The monoisotopic (exact) mass is 958 g/mol. The fraction of sp³-hybridized carbons (Fsp3) is 0. The maximum atomic E-state index is 6.38. The van der Waals surface area contributed by atoms with Crippen molar-refractivity contribution in [2.75, 3.05) is 9.80 Å². The SMILES string of the molecule is c1ccc(-c2ccc(N(c3ccc(-c4ccccc4)cc3)c3cc(-c4ccccc4)c(-c4ccccc4)cc3N(c3ccc(-c4ccccc4)cc3)c3ccc(-c4ccc5c(c4)oc4ccccc45)cc3)cc2)cc1. The molecule has 354 valence electrons. The molecule has 0 aliphatic carbocycles. The van der Waals surface area contributed by atoms with Crippen LogP contribution in [0.15, 0.2) is 308 Å². The molecule has 0 radical (unpaired) electrons. The van der Waals surface area contributed by atoms with Crippen LogP contribution >= 0.6 is 0 Å². The third-order valence-corrected chi connectivity index (χ3v) is 14.3. The fourth-order valence-corrected chi connectivity index (χ4v) is 10.5. The predicted molar refractivity (Wildman–Crippen MR) is 316 cm³/mol. The van der Waals surface area contributed by atoms with E-state index < -0.39 is 0 Å². The van der Waals surface area contributed by atoms with E-state index in [-0.39, 0.29) is 0 Å². The molecule has 0 amide bonds. The van der Waals surface area contributed by atoms with Gasteiger partial charge in [-0.3, -0.25) is 0 Å². The first-order valence-corrected chi connectivity index (χ1v) is 25.6. The maximum absolute atomic E-state index is 6.38. The number of fused-ring (bicyclic) bond motifs is 3. The van der Waals surface area contributed by atoms with Crippen molar-refractivity contribution in [1.29, 1.82) is 0 Å². The van der Waals surface area contributed by atoms with Gasteiger partial charge in [0.25, 0.3) is 0 Å². The van der Waals surface area contributed by atoms with Crippen molar-refractivity contribution >= 4 is 56.1 Å². The molecule has 1 heterocycles. The Balaban J connectivity index is 1.05. The number of para-hydroxylation sites is 1. The van der Waals surface area contributed by atoms with Gasteiger partial charge in [0.2, 0.25) is 0 Å². The summed E-state index contributed by atoms with van der Waals surface area (Å²) in [5, 5.41) is 2.24. The minimum absolute atomic E-state index is 0.878. The molecule has 0 bridgehead atoms. The quantitative estimate of drug-likeness (QED) is 0.122.